The van der Waals surface area contributed by atoms with E-state index in [0.717, 1.165) is 62.8 Å². The van der Waals surface area contributed by atoms with E-state index < -0.39 is 0 Å². The van der Waals surface area contributed by atoms with Gasteiger partial charge in [-0.05, 0) is 82.0 Å². The van der Waals surface area contributed by atoms with Crippen molar-refractivity contribution in [3.05, 3.63) is 0 Å². The summed E-state index contributed by atoms with van der Waals surface area (Å²) in [5.74, 6) is 2.59. The molecule has 4 saturated carbocycles. The molecule has 4 fully saturated rings. The molecule has 1 unspecified atom stereocenters. The fourth-order valence-electron chi connectivity index (χ4n) is 5.84. The van der Waals surface area contributed by atoms with Crippen molar-refractivity contribution >= 4 is 6.03 Å². The van der Waals surface area contributed by atoms with Gasteiger partial charge in [-0.3, -0.25) is 0 Å². The number of unbranched alkanes of at least 4 members (excludes halogenated alkanes) is 2. The first-order valence-electron chi connectivity index (χ1n) is 10.3. The summed E-state index contributed by atoms with van der Waals surface area (Å²) in [6, 6.07) is 0.0310. The van der Waals surface area contributed by atoms with E-state index in [0.29, 0.717) is 0 Å². The van der Waals surface area contributed by atoms with E-state index in [4.69, 9.17) is 0 Å². The van der Waals surface area contributed by atoms with Crippen molar-refractivity contribution in [1.82, 2.24) is 10.6 Å². The molecule has 0 saturated heterocycles. The molecule has 4 bridgehead atoms. The fraction of sp³-hybridized carbons (Fsp3) is 0.950. The Morgan fingerprint density at radius 2 is 1.62 bits per heavy atom. The highest BCUT2D eigenvalue weighted by molar-refractivity contribution is 5.74. The summed E-state index contributed by atoms with van der Waals surface area (Å²) in [6.07, 6.45) is 13.6. The van der Waals surface area contributed by atoms with Crippen LogP contribution < -0.4 is 10.6 Å². The number of urea groups is 1. The third-order valence-corrected chi connectivity index (χ3v) is 6.56. The molecular formula is C20H36N2O2. The first-order valence-corrected chi connectivity index (χ1v) is 10.3. The lowest BCUT2D eigenvalue weighted by molar-refractivity contribution is -0.0135. The predicted octanol–water partition coefficient (Wildman–Crippen LogP) is 3.98. The Kier molecular flexibility index (Phi) is 6.07. The summed E-state index contributed by atoms with van der Waals surface area (Å²) < 4.78 is 0. The Labute approximate surface area is 147 Å². The molecule has 138 valence electrons. The number of nitrogens with one attached hydrogen (secondary N) is 2. The summed E-state index contributed by atoms with van der Waals surface area (Å²) in [6.45, 7) is 2.87. The number of aliphatic hydroxyl groups excluding tert-OH is 1. The minimum absolute atomic E-state index is 0.0310. The largest absolute Gasteiger partial charge is 0.393 e. The van der Waals surface area contributed by atoms with Crippen LogP contribution in [0.3, 0.4) is 0 Å². The van der Waals surface area contributed by atoms with Gasteiger partial charge in [0, 0.05) is 12.1 Å². The van der Waals surface area contributed by atoms with Gasteiger partial charge in [-0.25, -0.2) is 4.79 Å². The minimum Gasteiger partial charge on any atom is -0.393 e. The molecule has 1 atom stereocenters. The van der Waals surface area contributed by atoms with Gasteiger partial charge >= 0.3 is 6.03 Å². The van der Waals surface area contributed by atoms with Crippen molar-refractivity contribution in [3.63, 3.8) is 0 Å². The average Bonchev–Trinajstić information content (AvgIpc) is 2.50. The molecule has 4 rings (SSSR count). The lowest BCUT2D eigenvalue weighted by Crippen LogP contribution is -2.61. The van der Waals surface area contributed by atoms with Crippen LogP contribution >= 0.6 is 0 Å². The highest BCUT2D eigenvalue weighted by Gasteiger charge is 2.51. The Hall–Kier alpha value is -0.770. The number of carbonyl (C=O) groups excluding carboxylic acids is 1. The highest BCUT2D eigenvalue weighted by Crippen LogP contribution is 2.55. The third-order valence-electron chi connectivity index (χ3n) is 6.56. The van der Waals surface area contributed by atoms with Crippen LogP contribution in [-0.4, -0.2) is 29.3 Å². The van der Waals surface area contributed by atoms with E-state index in [1.165, 1.54) is 38.5 Å². The lowest BCUT2D eigenvalue weighted by atomic mass is 9.53. The number of amides is 2. The Balaban J connectivity index is 1.31. The zero-order chi connectivity index (χ0) is 17.0. The quantitative estimate of drug-likeness (QED) is 0.558. The Morgan fingerprint density at radius 3 is 2.21 bits per heavy atom. The topological polar surface area (TPSA) is 61.4 Å². The summed E-state index contributed by atoms with van der Waals surface area (Å²) in [5, 5.41) is 16.2. The fourth-order valence-corrected chi connectivity index (χ4v) is 5.84. The van der Waals surface area contributed by atoms with Crippen molar-refractivity contribution in [3.8, 4) is 0 Å². The lowest BCUT2D eigenvalue weighted by Gasteiger charge is -2.56. The molecule has 3 N–H and O–H groups in total. The first-order chi connectivity index (χ1) is 11.6. The van der Waals surface area contributed by atoms with Crippen molar-refractivity contribution in [1.29, 1.82) is 0 Å². The monoisotopic (exact) mass is 336 g/mol. The zero-order valence-corrected chi connectivity index (χ0v) is 15.4. The number of carbonyl (C=O) groups is 1. The van der Waals surface area contributed by atoms with Gasteiger partial charge in [-0.1, -0.05) is 19.8 Å². The van der Waals surface area contributed by atoms with E-state index in [1.54, 1.807) is 0 Å². The van der Waals surface area contributed by atoms with Gasteiger partial charge in [0.2, 0.25) is 0 Å². The molecule has 0 aromatic carbocycles. The third kappa shape index (κ3) is 4.65. The summed E-state index contributed by atoms with van der Waals surface area (Å²) in [4.78, 5) is 12.3. The van der Waals surface area contributed by atoms with Crippen LogP contribution in [0.5, 0.6) is 0 Å². The maximum absolute atomic E-state index is 12.3. The number of rotatable bonds is 9. The van der Waals surface area contributed by atoms with E-state index >= 15 is 0 Å². The molecule has 4 nitrogen and oxygen atoms in total. The van der Waals surface area contributed by atoms with Crippen LogP contribution in [0.4, 0.5) is 4.79 Å². The summed E-state index contributed by atoms with van der Waals surface area (Å²) >= 11 is 0. The van der Waals surface area contributed by atoms with Gasteiger partial charge in [-0.15, -0.1) is 0 Å². The summed E-state index contributed by atoms with van der Waals surface area (Å²) in [5.41, 5.74) is 0.106. The van der Waals surface area contributed by atoms with E-state index in [-0.39, 0.29) is 17.7 Å². The van der Waals surface area contributed by atoms with Gasteiger partial charge in [0.25, 0.3) is 0 Å². The smallest absolute Gasteiger partial charge is 0.315 e. The van der Waals surface area contributed by atoms with Crippen molar-refractivity contribution in [2.24, 2.45) is 17.8 Å². The van der Waals surface area contributed by atoms with Crippen LogP contribution in [0.2, 0.25) is 0 Å². The van der Waals surface area contributed by atoms with Gasteiger partial charge in [0.1, 0.15) is 0 Å². The van der Waals surface area contributed by atoms with E-state index in [9.17, 15) is 9.90 Å². The van der Waals surface area contributed by atoms with E-state index in [2.05, 4.69) is 17.6 Å². The molecule has 4 aliphatic carbocycles. The molecule has 0 radical (unpaired) electrons. The first kappa shape index (κ1) is 18.0. The minimum atomic E-state index is -0.161. The van der Waals surface area contributed by atoms with Crippen LogP contribution in [0.1, 0.15) is 84.0 Å². The number of hydrogen-bond acceptors (Lipinski definition) is 2. The molecular weight excluding hydrogens is 300 g/mol. The van der Waals surface area contributed by atoms with Crippen molar-refractivity contribution < 1.29 is 9.90 Å². The van der Waals surface area contributed by atoms with Crippen LogP contribution in [0, 0.1) is 17.8 Å². The number of hydrogen-bond donors (Lipinski definition) is 3. The van der Waals surface area contributed by atoms with Gasteiger partial charge in [0.05, 0.1) is 6.10 Å². The molecule has 4 aliphatic rings. The molecule has 24 heavy (non-hydrogen) atoms. The molecule has 0 aromatic heterocycles. The maximum Gasteiger partial charge on any atom is 0.315 e. The SMILES string of the molecule is CCCCC(O)CCCCNC(=O)NC12CC3CC(CC(C3)C1)C2. The number of aliphatic hydroxyl groups is 1. The standard InChI is InChI=1S/C20H36N2O2/c1-2-3-6-18(23)7-4-5-8-21-19(24)22-20-12-15-9-16(13-20)11-17(10-15)14-20/h15-18,23H,2-14H2,1H3,(H2,21,22,24). The van der Waals surface area contributed by atoms with Gasteiger partial charge in [0.15, 0.2) is 0 Å². The predicted molar refractivity (Wildman–Crippen MR) is 96.8 cm³/mol. The second kappa shape index (κ2) is 8.07. The van der Waals surface area contributed by atoms with Gasteiger partial charge < -0.3 is 15.7 Å². The van der Waals surface area contributed by atoms with Crippen LogP contribution in [0.25, 0.3) is 0 Å². The molecule has 0 aliphatic heterocycles. The van der Waals surface area contributed by atoms with Crippen LogP contribution in [0.15, 0.2) is 0 Å². The molecule has 0 spiro atoms. The second-order valence-corrected chi connectivity index (χ2v) is 8.87. The Morgan fingerprint density at radius 1 is 1.04 bits per heavy atom. The van der Waals surface area contributed by atoms with Crippen LogP contribution in [-0.2, 0) is 0 Å². The normalized spacial score (nSPS) is 35.0. The second-order valence-electron chi connectivity index (χ2n) is 8.87. The average molecular weight is 337 g/mol. The van der Waals surface area contributed by atoms with Crippen molar-refractivity contribution in [2.45, 2.75) is 95.6 Å². The van der Waals surface area contributed by atoms with Gasteiger partial charge in [-0.2, -0.15) is 0 Å². The van der Waals surface area contributed by atoms with Crippen molar-refractivity contribution in [2.75, 3.05) is 6.54 Å². The highest BCUT2D eigenvalue weighted by atomic mass is 16.3. The molecule has 0 aromatic rings. The summed E-state index contributed by atoms with van der Waals surface area (Å²) in [7, 11) is 0. The molecule has 4 heteroatoms. The molecule has 0 heterocycles. The molecule has 2 amide bonds. The van der Waals surface area contributed by atoms with E-state index in [1.807, 2.05) is 0 Å². The Bertz CT molecular complexity index is 389. The zero-order valence-electron chi connectivity index (χ0n) is 15.4. The maximum atomic E-state index is 12.3.